The molecular weight excluding hydrogens is 498 g/mol. The minimum atomic E-state index is -3.81. The predicted molar refractivity (Wildman–Crippen MR) is 152 cm³/mol. The molecule has 0 spiro atoms. The Labute approximate surface area is 226 Å². The molecule has 0 fully saturated rings. The third kappa shape index (κ3) is 7.68. The molecule has 0 heterocycles. The van der Waals surface area contributed by atoms with E-state index < -0.39 is 28.5 Å². The topological polar surface area (TPSA) is 86.8 Å². The number of likely N-dealkylation sites (N-methyl/N-ethyl adjacent to an activating group) is 1. The fourth-order valence-corrected chi connectivity index (χ4v) is 5.29. The van der Waals surface area contributed by atoms with Crippen molar-refractivity contribution in [3.05, 3.63) is 102 Å². The molecule has 38 heavy (non-hydrogen) atoms. The molecule has 2 amide bonds. The van der Waals surface area contributed by atoms with Gasteiger partial charge in [-0.1, -0.05) is 92.7 Å². The SMILES string of the molecule is CCNC(=O)[C@@H](Cc1ccccc1)N(Cc1ccccc1)C(=O)CN(c1ccccc1C(C)C)S(C)(=O)=O. The van der Waals surface area contributed by atoms with Crippen LogP contribution in [0.25, 0.3) is 0 Å². The number of amides is 2. The Kier molecular flexibility index (Phi) is 10.1. The molecule has 3 rings (SSSR count). The zero-order valence-corrected chi connectivity index (χ0v) is 23.3. The number of sulfonamides is 1. The van der Waals surface area contributed by atoms with E-state index in [1.165, 1.54) is 4.90 Å². The Morgan fingerprint density at radius 2 is 1.39 bits per heavy atom. The molecule has 0 aliphatic rings. The van der Waals surface area contributed by atoms with Crippen molar-refractivity contribution >= 4 is 27.5 Å². The summed E-state index contributed by atoms with van der Waals surface area (Å²) in [5.41, 5.74) is 3.04. The lowest BCUT2D eigenvalue weighted by Gasteiger charge is -2.34. The summed E-state index contributed by atoms with van der Waals surface area (Å²) < 4.78 is 27.1. The maximum Gasteiger partial charge on any atom is 0.244 e. The lowest BCUT2D eigenvalue weighted by molar-refractivity contribution is -0.140. The molecule has 0 saturated carbocycles. The van der Waals surface area contributed by atoms with Gasteiger partial charge in [-0.2, -0.15) is 0 Å². The van der Waals surface area contributed by atoms with Crippen LogP contribution in [0.5, 0.6) is 0 Å². The monoisotopic (exact) mass is 535 g/mol. The Balaban J connectivity index is 2.06. The average molecular weight is 536 g/mol. The quantitative estimate of drug-likeness (QED) is 0.374. The summed E-state index contributed by atoms with van der Waals surface area (Å²) in [7, 11) is -3.81. The first-order chi connectivity index (χ1) is 18.1. The van der Waals surface area contributed by atoms with E-state index in [1.807, 2.05) is 93.6 Å². The summed E-state index contributed by atoms with van der Waals surface area (Å²) in [6.45, 7) is 5.95. The second kappa shape index (κ2) is 13.2. The summed E-state index contributed by atoms with van der Waals surface area (Å²) >= 11 is 0. The van der Waals surface area contributed by atoms with Crippen LogP contribution in [0.15, 0.2) is 84.9 Å². The molecular formula is C30H37N3O4S. The van der Waals surface area contributed by atoms with Crippen LogP contribution in [-0.2, 0) is 32.6 Å². The summed E-state index contributed by atoms with van der Waals surface area (Å²) in [6, 6.07) is 25.3. The fourth-order valence-electron chi connectivity index (χ4n) is 4.42. The minimum absolute atomic E-state index is 0.0483. The Bertz CT molecular complexity index is 1310. The molecule has 0 radical (unpaired) electrons. The molecule has 0 aliphatic carbocycles. The third-order valence-electron chi connectivity index (χ3n) is 6.32. The molecule has 1 atom stereocenters. The standard InChI is InChI=1S/C30H37N3O4S/c1-5-31-30(35)28(20-24-14-8-6-9-15-24)32(21-25-16-10-7-11-17-25)29(34)22-33(38(4,36)37)27-19-13-12-18-26(27)23(2)3/h6-19,23,28H,5,20-22H2,1-4H3,(H,31,35)/t28-/m1/s1. The van der Waals surface area contributed by atoms with Gasteiger partial charge >= 0.3 is 0 Å². The van der Waals surface area contributed by atoms with Crippen LogP contribution in [0.2, 0.25) is 0 Å². The molecule has 0 unspecified atom stereocenters. The molecule has 8 heteroatoms. The van der Waals surface area contributed by atoms with Crippen molar-refractivity contribution in [2.45, 2.75) is 45.7 Å². The number of carbonyl (C=O) groups is 2. The Morgan fingerprint density at radius 3 is 1.95 bits per heavy atom. The third-order valence-corrected chi connectivity index (χ3v) is 7.45. The van der Waals surface area contributed by atoms with E-state index in [-0.39, 0.29) is 18.4 Å². The van der Waals surface area contributed by atoms with Crippen LogP contribution in [0, 0.1) is 0 Å². The number of hydrogen-bond donors (Lipinski definition) is 1. The van der Waals surface area contributed by atoms with Crippen LogP contribution >= 0.6 is 0 Å². The lowest BCUT2D eigenvalue weighted by atomic mass is 10.0. The van der Waals surface area contributed by atoms with Gasteiger partial charge in [-0.15, -0.1) is 0 Å². The normalized spacial score (nSPS) is 12.1. The molecule has 0 bridgehead atoms. The van der Waals surface area contributed by atoms with E-state index in [2.05, 4.69) is 5.32 Å². The highest BCUT2D eigenvalue weighted by atomic mass is 32.2. The van der Waals surface area contributed by atoms with Crippen molar-refractivity contribution in [3.63, 3.8) is 0 Å². The van der Waals surface area contributed by atoms with Gasteiger partial charge in [0.25, 0.3) is 0 Å². The maximum absolute atomic E-state index is 14.0. The molecule has 1 N–H and O–H groups in total. The van der Waals surface area contributed by atoms with E-state index in [0.717, 1.165) is 27.3 Å². The zero-order valence-electron chi connectivity index (χ0n) is 22.5. The summed E-state index contributed by atoms with van der Waals surface area (Å²) in [5, 5.41) is 2.86. The Morgan fingerprint density at radius 1 is 0.842 bits per heavy atom. The van der Waals surface area contributed by atoms with E-state index in [1.54, 1.807) is 12.1 Å². The number of carbonyl (C=O) groups excluding carboxylic acids is 2. The van der Waals surface area contributed by atoms with Crippen molar-refractivity contribution < 1.29 is 18.0 Å². The van der Waals surface area contributed by atoms with Gasteiger partial charge in [0.05, 0.1) is 11.9 Å². The van der Waals surface area contributed by atoms with E-state index in [0.29, 0.717) is 18.7 Å². The van der Waals surface area contributed by atoms with Gasteiger partial charge in [0.2, 0.25) is 21.8 Å². The highest BCUT2D eigenvalue weighted by molar-refractivity contribution is 7.92. The van der Waals surface area contributed by atoms with Crippen LogP contribution < -0.4 is 9.62 Å². The van der Waals surface area contributed by atoms with Gasteiger partial charge in [-0.05, 0) is 35.6 Å². The number of nitrogens with one attached hydrogen (secondary N) is 1. The summed E-state index contributed by atoms with van der Waals surface area (Å²) in [5.74, 6) is -0.689. The van der Waals surface area contributed by atoms with E-state index in [4.69, 9.17) is 0 Å². The zero-order chi connectivity index (χ0) is 27.7. The van der Waals surface area contributed by atoms with Crippen molar-refractivity contribution in [3.8, 4) is 0 Å². The van der Waals surface area contributed by atoms with Gasteiger partial charge in [0, 0.05) is 19.5 Å². The second-order valence-electron chi connectivity index (χ2n) is 9.59. The number of rotatable bonds is 12. The fraction of sp³-hybridized carbons (Fsp3) is 0.333. The number of nitrogens with zero attached hydrogens (tertiary/aromatic N) is 2. The van der Waals surface area contributed by atoms with Crippen molar-refractivity contribution in [1.82, 2.24) is 10.2 Å². The van der Waals surface area contributed by atoms with Crippen molar-refractivity contribution in [1.29, 1.82) is 0 Å². The van der Waals surface area contributed by atoms with E-state index >= 15 is 0 Å². The second-order valence-corrected chi connectivity index (χ2v) is 11.5. The number of hydrogen-bond acceptors (Lipinski definition) is 4. The van der Waals surface area contributed by atoms with Gasteiger partial charge in [-0.3, -0.25) is 13.9 Å². The van der Waals surface area contributed by atoms with Crippen LogP contribution in [0.4, 0.5) is 5.69 Å². The maximum atomic E-state index is 14.0. The average Bonchev–Trinajstić information content (AvgIpc) is 2.89. The first kappa shape index (κ1) is 28.9. The highest BCUT2D eigenvalue weighted by Gasteiger charge is 2.33. The highest BCUT2D eigenvalue weighted by Crippen LogP contribution is 2.29. The molecule has 3 aromatic rings. The predicted octanol–water partition coefficient (Wildman–Crippen LogP) is 4.35. The first-order valence-electron chi connectivity index (χ1n) is 12.8. The van der Waals surface area contributed by atoms with Gasteiger partial charge < -0.3 is 10.2 Å². The molecule has 0 aliphatic heterocycles. The van der Waals surface area contributed by atoms with E-state index in [9.17, 15) is 18.0 Å². The van der Waals surface area contributed by atoms with Crippen molar-refractivity contribution in [2.75, 3.05) is 23.7 Å². The Hall–Kier alpha value is -3.65. The molecule has 0 aromatic heterocycles. The van der Waals surface area contributed by atoms with Gasteiger partial charge in [0.15, 0.2) is 0 Å². The molecule has 7 nitrogen and oxygen atoms in total. The molecule has 3 aromatic carbocycles. The van der Waals surface area contributed by atoms with Crippen LogP contribution in [0.1, 0.15) is 43.4 Å². The summed E-state index contributed by atoms with van der Waals surface area (Å²) in [6.07, 6.45) is 1.40. The minimum Gasteiger partial charge on any atom is -0.355 e. The largest absolute Gasteiger partial charge is 0.355 e. The van der Waals surface area contributed by atoms with Crippen LogP contribution in [-0.4, -0.2) is 50.5 Å². The number of para-hydroxylation sites is 1. The van der Waals surface area contributed by atoms with Gasteiger partial charge in [-0.25, -0.2) is 8.42 Å². The molecule has 202 valence electrons. The van der Waals surface area contributed by atoms with Crippen molar-refractivity contribution in [2.24, 2.45) is 0 Å². The number of benzene rings is 3. The van der Waals surface area contributed by atoms with Gasteiger partial charge in [0.1, 0.15) is 12.6 Å². The summed E-state index contributed by atoms with van der Waals surface area (Å²) in [4.78, 5) is 28.9. The van der Waals surface area contributed by atoms with Crippen LogP contribution in [0.3, 0.4) is 0 Å². The first-order valence-corrected chi connectivity index (χ1v) is 14.7. The smallest absolute Gasteiger partial charge is 0.244 e. The number of anilines is 1. The lowest BCUT2D eigenvalue weighted by Crippen LogP contribution is -2.53. The molecule has 0 saturated heterocycles.